The topological polar surface area (TPSA) is 144 Å². The fourth-order valence-electron chi connectivity index (χ4n) is 7.42. The molecule has 11 nitrogen and oxygen atoms in total. The van der Waals surface area contributed by atoms with Crippen LogP contribution < -0.4 is 16.0 Å². The minimum absolute atomic E-state index is 0.0600. The lowest BCUT2D eigenvalue weighted by Gasteiger charge is -2.36. The normalized spacial score (nSPS) is 27.7. The molecule has 48 heavy (non-hydrogen) atoms. The zero-order valence-corrected chi connectivity index (χ0v) is 27.2. The molecule has 11 heteroatoms. The van der Waals surface area contributed by atoms with E-state index in [-0.39, 0.29) is 36.4 Å². The second-order valence-corrected chi connectivity index (χ2v) is 13.6. The molecule has 3 aliphatic carbocycles. The zero-order chi connectivity index (χ0) is 33.4. The highest BCUT2D eigenvalue weighted by atomic mass is 16.5. The summed E-state index contributed by atoms with van der Waals surface area (Å²) in [6, 6.07) is 6.48. The average molecular weight is 651 g/mol. The summed E-state index contributed by atoms with van der Waals surface area (Å²) in [7, 11) is 0. The van der Waals surface area contributed by atoms with Crippen molar-refractivity contribution < 1.29 is 23.9 Å². The van der Waals surface area contributed by atoms with Gasteiger partial charge in [-0.05, 0) is 73.8 Å². The van der Waals surface area contributed by atoms with Gasteiger partial charge in [0.15, 0.2) is 11.6 Å². The van der Waals surface area contributed by atoms with Crippen LogP contribution in [0.1, 0.15) is 75.1 Å². The first-order chi connectivity index (χ1) is 23.3. The maximum atomic E-state index is 13.3. The van der Waals surface area contributed by atoms with E-state index in [0.717, 1.165) is 72.6 Å². The van der Waals surface area contributed by atoms with Crippen molar-refractivity contribution in [2.75, 3.05) is 25.1 Å². The summed E-state index contributed by atoms with van der Waals surface area (Å²) >= 11 is 0. The third-order valence-electron chi connectivity index (χ3n) is 10.3. The molecule has 2 amide bonds. The third-order valence-corrected chi connectivity index (χ3v) is 10.3. The Hall–Kier alpha value is -4.64. The molecule has 1 saturated heterocycles. The summed E-state index contributed by atoms with van der Waals surface area (Å²) in [5.74, 6) is -3.14. The van der Waals surface area contributed by atoms with Gasteiger partial charge in [-0.25, -0.2) is 0 Å². The minimum atomic E-state index is -0.988. The minimum Gasteiger partial charge on any atom is -0.385 e. The molecule has 3 N–H and O–H groups in total. The van der Waals surface area contributed by atoms with Gasteiger partial charge in [-0.2, -0.15) is 5.10 Å². The van der Waals surface area contributed by atoms with E-state index in [2.05, 4.69) is 63.6 Å². The quantitative estimate of drug-likeness (QED) is 0.169. The molecule has 7 rings (SSSR count). The van der Waals surface area contributed by atoms with Gasteiger partial charge < -0.3 is 15.4 Å². The van der Waals surface area contributed by atoms with E-state index >= 15 is 0 Å². The smallest absolute Gasteiger partial charge is 0.230 e. The summed E-state index contributed by atoms with van der Waals surface area (Å²) in [4.78, 5) is 55.1. The van der Waals surface area contributed by atoms with Gasteiger partial charge in [0.1, 0.15) is 0 Å². The molecule has 0 spiro atoms. The Labute approximate surface area is 280 Å². The lowest BCUT2D eigenvalue weighted by molar-refractivity contribution is -0.144. The number of Topliss-reactive ketones (excluding diaryl/α,β-unsaturated/α-hetero) is 2. The zero-order valence-electron chi connectivity index (χ0n) is 27.2. The van der Waals surface area contributed by atoms with E-state index in [1.165, 1.54) is 0 Å². The number of allylic oxidation sites excluding steroid dienone is 3. The van der Waals surface area contributed by atoms with E-state index in [0.29, 0.717) is 30.6 Å². The highest BCUT2D eigenvalue weighted by molar-refractivity contribution is 6.23. The summed E-state index contributed by atoms with van der Waals surface area (Å²) < 4.78 is 7.66. The van der Waals surface area contributed by atoms with Gasteiger partial charge in [-0.15, -0.1) is 0 Å². The second-order valence-electron chi connectivity index (χ2n) is 13.6. The Balaban J connectivity index is 0.887. The number of carbonyl (C=O) groups is 4. The number of piperidine rings is 1. The van der Waals surface area contributed by atoms with Crippen molar-refractivity contribution in [3.63, 3.8) is 0 Å². The number of imide groups is 1. The first kappa shape index (κ1) is 31.9. The van der Waals surface area contributed by atoms with Gasteiger partial charge in [-0.1, -0.05) is 25.6 Å². The van der Waals surface area contributed by atoms with E-state index in [1.807, 2.05) is 18.5 Å². The van der Waals surface area contributed by atoms with Gasteiger partial charge in [-0.3, -0.25) is 34.2 Å². The molecule has 4 unspecified atom stereocenters. The van der Waals surface area contributed by atoms with E-state index in [1.54, 1.807) is 6.08 Å². The van der Waals surface area contributed by atoms with Crippen molar-refractivity contribution in [2.45, 2.75) is 64.0 Å². The van der Waals surface area contributed by atoms with Crippen molar-refractivity contribution in [2.24, 2.45) is 28.7 Å². The van der Waals surface area contributed by atoms with Crippen molar-refractivity contribution in [3.8, 4) is 0 Å². The molecular weight excluding hydrogens is 608 g/mol. The number of nitrogens with zero attached hydrogens (tertiary/aromatic N) is 3. The number of ketones is 2. The Kier molecular flexibility index (Phi) is 8.96. The molecule has 1 aromatic carbocycles. The lowest BCUT2D eigenvalue weighted by Crippen LogP contribution is -2.46. The number of rotatable bonds is 12. The summed E-state index contributed by atoms with van der Waals surface area (Å²) in [6.45, 7) is 8.54. The molecule has 2 aliphatic heterocycles. The molecule has 0 radical (unpaired) electrons. The number of carbonyl (C=O) groups excluding carboxylic acids is 4. The van der Waals surface area contributed by atoms with Crippen LogP contribution in [-0.2, 0) is 23.9 Å². The van der Waals surface area contributed by atoms with Crippen molar-refractivity contribution in [3.05, 3.63) is 71.7 Å². The van der Waals surface area contributed by atoms with Crippen molar-refractivity contribution >= 4 is 46.5 Å². The van der Waals surface area contributed by atoms with Crippen LogP contribution in [0.3, 0.4) is 0 Å². The fraction of sp³-hybridized carbons (Fsp3) is 0.459. The van der Waals surface area contributed by atoms with E-state index in [4.69, 9.17) is 9.73 Å². The van der Waals surface area contributed by atoms with Crippen LogP contribution in [0.2, 0.25) is 0 Å². The Morgan fingerprint density at radius 3 is 2.83 bits per heavy atom. The number of anilines is 1. The van der Waals surface area contributed by atoms with Gasteiger partial charge in [0, 0.05) is 48.8 Å². The van der Waals surface area contributed by atoms with Crippen molar-refractivity contribution in [1.82, 2.24) is 20.4 Å². The van der Waals surface area contributed by atoms with Gasteiger partial charge >= 0.3 is 0 Å². The highest BCUT2D eigenvalue weighted by Gasteiger charge is 2.52. The summed E-state index contributed by atoms with van der Waals surface area (Å²) in [5.41, 5.74) is 6.40. The Morgan fingerprint density at radius 1 is 1.17 bits per heavy atom. The second kappa shape index (κ2) is 13.5. The van der Waals surface area contributed by atoms with Crippen LogP contribution in [0.5, 0.6) is 0 Å². The molecule has 5 aliphatic rings. The van der Waals surface area contributed by atoms with Gasteiger partial charge in [0.2, 0.25) is 11.8 Å². The molecule has 2 aromatic rings. The predicted octanol–water partition coefficient (Wildman–Crippen LogP) is 4.77. The van der Waals surface area contributed by atoms with Crippen LogP contribution in [0, 0.1) is 23.7 Å². The van der Waals surface area contributed by atoms with Crippen LogP contribution in [0.25, 0.3) is 5.57 Å². The third kappa shape index (κ3) is 6.31. The largest absolute Gasteiger partial charge is 0.385 e. The Morgan fingerprint density at radius 2 is 2.02 bits per heavy atom. The van der Waals surface area contributed by atoms with E-state index in [9.17, 15) is 19.2 Å². The lowest BCUT2D eigenvalue weighted by atomic mass is 9.80. The number of hydrogen-bond donors (Lipinski definition) is 3. The number of nitrogens with one attached hydrogen (secondary N) is 3. The molecule has 2 saturated carbocycles. The maximum absolute atomic E-state index is 13.3. The fourth-order valence-corrected chi connectivity index (χ4v) is 7.42. The predicted molar refractivity (Wildman–Crippen MR) is 181 cm³/mol. The van der Waals surface area contributed by atoms with Gasteiger partial charge in [0.25, 0.3) is 0 Å². The highest BCUT2D eigenvalue weighted by Crippen LogP contribution is 2.42. The molecule has 4 atom stereocenters. The number of hydrogen-bond acceptors (Lipinski definition) is 9. The molecule has 1 aromatic heterocycles. The molecular formula is C37H42N6O5. The summed E-state index contributed by atoms with van der Waals surface area (Å²) in [5, 5.41) is 14.0. The first-order valence-electron chi connectivity index (χ1n) is 17.1. The molecule has 3 fully saturated rings. The number of amides is 2. The number of benzene rings is 1. The van der Waals surface area contributed by atoms with Crippen LogP contribution in [-0.4, -0.2) is 59.1 Å². The van der Waals surface area contributed by atoms with Crippen LogP contribution in [0.4, 0.5) is 11.4 Å². The van der Waals surface area contributed by atoms with Crippen molar-refractivity contribution in [1.29, 1.82) is 0 Å². The Bertz CT molecular complexity index is 1750. The standard InChI is InChI=1S/C37H42N6O5/c1-3-11-48-12-10-21(2)23-4-8-30-31(15-23)39-19-32(41-30)24-18-40-43(20-24)26-13-22(14-26)17-38-25-5-6-27-29(16-25)36(46)34(35(27)45)28-7-9-33(44)42-37(28)47/h4-5,8,15-16,18-20,22,26-28,32,34,38,41H,2-3,6-7,9-14,17H2,1H3,(H,42,44,47). The number of ether oxygens (including phenoxy) is 1. The number of fused-ring (bicyclic) bond motifs is 2. The number of aromatic nitrogens is 2. The summed E-state index contributed by atoms with van der Waals surface area (Å²) in [6.07, 6.45) is 14.3. The molecule has 250 valence electrons. The number of aliphatic imine (C=N–C) groups is 1. The van der Waals surface area contributed by atoms with Crippen LogP contribution in [0.15, 0.2) is 65.6 Å². The van der Waals surface area contributed by atoms with Gasteiger partial charge in [0.05, 0.1) is 54.0 Å². The van der Waals surface area contributed by atoms with Crippen LogP contribution >= 0.6 is 0 Å². The molecule has 3 heterocycles. The monoisotopic (exact) mass is 650 g/mol. The van der Waals surface area contributed by atoms with E-state index < -0.39 is 23.7 Å². The molecule has 0 bridgehead atoms. The average Bonchev–Trinajstić information content (AvgIpc) is 3.64. The maximum Gasteiger partial charge on any atom is 0.230 e. The first-order valence-corrected chi connectivity index (χ1v) is 17.1. The SMILES string of the molecule is C=C(CCOCCC)c1ccc2c(c1)N=CC(c1cnn(C3CC(CNC4=CCC5C(=O)C(C6CCC(=O)NC6=O)C(=O)C5=C4)C3)c1)N2.